The Morgan fingerprint density at radius 3 is 1.93 bits per heavy atom. The minimum atomic E-state index is -0.650. The lowest BCUT2D eigenvalue weighted by Gasteiger charge is -2.32. The Labute approximate surface area is 181 Å². The van der Waals surface area contributed by atoms with E-state index in [2.05, 4.69) is 6.92 Å². The van der Waals surface area contributed by atoms with Gasteiger partial charge in [0.1, 0.15) is 0 Å². The normalized spacial score (nSPS) is 27.5. The maximum Gasteiger partial charge on any atom is 0.166 e. The largest absolute Gasteiger partial charge is 0.203 e. The molecule has 0 radical (unpaired) electrons. The van der Waals surface area contributed by atoms with Crippen LogP contribution in [-0.4, -0.2) is 0 Å². The monoisotopic (exact) mass is 412 g/mol. The van der Waals surface area contributed by atoms with Crippen LogP contribution in [0.5, 0.6) is 0 Å². The van der Waals surface area contributed by atoms with Crippen LogP contribution in [-0.2, 0) is 6.42 Å². The van der Waals surface area contributed by atoms with Crippen molar-refractivity contribution in [2.75, 3.05) is 0 Å². The molecule has 0 saturated heterocycles. The minimum Gasteiger partial charge on any atom is -0.203 e. The summed E-state index contributed by atoms with van der Waals surface area (Å²) >= 11 is 0. The predicted octanol–water partition coefficient (Wildman–Crippen LogP) is 8.95. The second kappa shape index (κ2) is 9.79. The maximum absolute atomic E-state index is 14.9. The van der Waals surface area contributed by atoms with Crippen molar-refractivity contribution in [1.29, 1.82) is 0 Å². The first-order chi connectivity index (χ1) is 14.6. The molecule has 2 fully saturated rings. The third-order valence-corrected chi connectivity index (χ3v) is 8.33. The van der Waals surface area contributed by atoms with Gasteiger partial charge in [0.25, 0.3) is 0 Å². The first-order valence-corrected chi connectivity index (χ1v) is 12.5. The average molecular weight is 413 g/mol. The summed E-state index contributed by atoms with van der Waals surface area (Å²) in [4.78, 5) is 0. The van der Waals surface area contributed by atoms with Crippen molar-refractivity contribution in [2.45, 2.75) is 96.8 Å². The molecule has 2 aliphatic carbocycles. The number of aryl methyl sites for hydroxylation is 1. The van der Waals surface area contributed by atoms with Gasteiger partial charge in [-0.1, -0.05) is 70.9 Å². The molecule has 164 valence electrons. The fraction of sp³-hybridized carbons (Fsp3) is 0.643. The summed E-state index contributed by atoms with van der Waals surface area (Å²) in [5, 5.41) is 1.27. The molecule has 0 amide bonds. The topological polar surface area (TPSA) is 0 Å². The molecule has 0 aliphatic heterocycles. The molecule has 2 aromatic carbocycles. The first-order valence-electron chi connectivity index (χ1n) is 12.5. The average Bonchev–Trinajstić information content (AvgIpc) is 2.80. The van der Waals surface area contributed by atoms with Crippen molar-refractivity contribution in [3.8, 4) is 0 Å². The molecule has 2 saturated carbocycles. The number of hydrogen-bond acceptors (Lipinski definition) is 0. The molecule has 0 aromatic heterocycles. The molecule has 2 aromatic rings. The van der Waals surface area contributed by atoms with E-state index in [4.69, 9.17) is 0 Å². The van der Waals surface area contributed by atoms with Gasteiger partial charge in [-0.25, -0.2) is 8.78 Å². The number of fused-ring (bicyclic) bond motifs is 1. The van der Waals surface area contributed by atoms with Gasteiger partial charge in [0.05, 0.1) is 0 Å². The fourth-order valence-corrected chi connectivity index (χ4v) is 6.07. The maximum atomic E-state index is 14.9. The summed E-state index contributed by atoms with van der Waals surface area (Å²) in [6, 6.07) is 7.72. The minimum absolute atomic E-state index is 0.172. The quantitative estimate of drug-likeness (QED) is 0.444. The summed E-state index contributed by atoms with van der Waals surface area (Å²) in [5.74, 6) is 1.61. The molecule has 0 nitrogen and oxygen atoms in total. The Bertz CT molecular complexity index is 839. The van der Waals surface area contributed by atoms with E-state index in [-0.39, 0.29) is 5.92 Å². The van der Waals surface area contributed by atoms with Crippen LogP contribution in [0.3, 0.4) is 0 Å². The van der Waals surface area contributed by atoms with Gasteiger partial charge in [0.2, 0.25) is 0 Å². The molecular formula is C28H38F2. The third-order valence-electron chi connectivity index (χ3n) is 8.33. The lowest BCUT2D eigenvalue weighted by molar-refractivity contribution is 0.227. The van der Waals surface area contributed by atoms with Gasteiger partial charge in [-0.15, -0.1) is 0 Å². The van der Waals surface area contributed by atoms with Gasteiger partial charge >= 0.3 is 0 Å². The van der Waals surface area contributed by atoms with Crippen molar-refractivity contribution in [1.82, 2.24) is 0 Å². The standard InChI is InChI=1S/C28H38F2/c1-3-19-5-7-21(8-6-19)9-10-22-12-14-23(15-13-22)26-18-24-16-11-20(4-2)17-25(24)27(29)28(26)30/h11,16-19,21-23H,3-10,12-15H2,1-2H3. The highest BCUT2D eigenvalue weighted by atomic mass is 19.2. The number of rotatable bonds is 6. The highest BCUT2D eigenvalue weighted by molar-refractivity contribution is 5.85. The summed E-state index contributed by atoms with van der Waals surface area (Å²) < 4.78 is 29.7. The zero-order chi connectivity index (χ0) is 21.1. The molecule has 0 spiro atoms. The molecule has 0 N–H and O–H groups in total. The highest BCUT2D eigenvalue weighted by Gasteiger charge is 2.27. The van der Waals surface area contributed by atoms with Crippen LogP contribution in [0, 0.1) is 29.4 Å². The second-order valence-electron chi connectivity index (χ2n) is 10.1. The SMILES string of the molecule is CCc1ccc2cc(C3CCC(CCC4CCC(CC)CC4)CC3)c(F)c(F)c2c1. The summed E-state index contributed by atoms with van der Waals surface area (Å²) in [5.41, 5.74) is 1.66. The van der Waals surface area contributed by atoms with E-state index < -0.39 is 11.6 Å². The Morgan fingerprint density at radius 1 is 0.733 bits per heavy atom. The van der Waals surface area contributed by atoms with Gasteiger partial charge in [-0.05, 0) is 84.4 Å². The Morgan fingerprint density at radius 2 is 1.33 bits per heavy atom. The Hall–Kier alpha value is -1.44. The van der Waals surface area contributed by atoms with E-state index in [1.165, 1.54) is 57.8 Å². The smallest absolute Gasteiger partial charge is 0.166 e. The van der Waals surface area contributed by atoms with Crippen molar-refractivity contribution >= 4 is 10.8 Å². The van der Waals surface area contributed by atoms with Crippen LogP contribution in [0.1, 0.15) is 102 Å². The van der Waals surface area contributed by atoms with Gasteiger partial charge < -0.3 is 0 Å². The van der Waals surface area contributed by atoms with E-state index >= 15 is 0 Å². The molecule has 0 unspecified atom stereocenters. The molecule has 0 heterocycles. The highest BCUT2D eigenvalue weighted by Crippen LogP contribution is 2.42. The van der Waals surface area contributed by atoms with Crippen molar-refractivity contribution in [3.63, 3.8) is 0 Å². The summed E-state index contributed by atoms with van der Waals surface area (Å²) in [7, 11) is 0. The lowest BCUT2D eigenvalue weighted by Crippen LogP contribution is -2.18. The van der Waals surface area contributed by atoms with Gasteiger partial charge in [0, 0.05) is 5.39 Å². The predicted molar refractivity (Wildman–Crippen MR) is 123 cm³/mol. The molecular weight excluding hydrogens is 374 g/mol. The molecule has 0 atom stereocenters. The molecule has 2 heteroatoms. The van der Waals surface area contributed by atoms with Crippen molar-refractivity contribution in [2.24, 2.45) is 17.8 Å². The number of hydrogen-bond donors (Lipinski definition) is 0. The number of benzene rings is 2. The van der Waals surface area contributed by atoms with E-state index in [0.29, 0.717) is 10.9 Å². The Kier molecular flexibility index (Phi) is 7.11. The van der Waals surface area contributed by atoms with Crippen molar-refractivity contribution < 1.29 is 8.78 Å². The van der Waals surface area contributed by atoms with Crippen LogP contribution in [0.25, 0.3) is 10.8 Å². The summed E-state index contributed by atoms with van der Waals surface area (Å²) in [6.45, 7) is 4.37. The molecule has 30 heavy (non-hydrogen) atoms. The van der Waals surface area contributed by atoms with E-state index in [1.807, 2.05) is 31.2 Å². The van der Waals surface area contributed by atoms with E-state index in [1.54, 1.807) is 0 Å². The molecule has 4 rings (SSSR count). The second-order valence-corrected chi connectivity index (χ2v) is 10.1. The van der Waals surface area contributed by atoms with Crippen LogP contribution in [0.2, 0.25) is 0 Å². The zero-order valence-corrected chi connectivity index (χ0v) is 18.9. The number of halogens is 2. The van der Waals surface area contributed by atoms with Crippen molar-refractivity contribution in [3.05, 3.63) is 47.0 Å². The van der Waals surface area contributed by atoms with E-state index in [0.717, 1.165) is 48.0 Å². The van der Waals surface area contributed by atoms with Gasteiger partial charge in [0.15, 0.2) is 11.6 Å². The fourth-order valence-electron chi connectivity index (χ4n) is 6.07. The van der Waals surface area contributed by atoms with Crippen LogP contribution in [0.15, 0.2) is 24.3 Å². The van der Waals surface area contributed by atoms with Gasteiger partial charge in [-0.2, -0.15) is 0 Å². The van der Waals surface area contributed by atoms with Gasteiger partial charge in [-0.3, -0.25) is 0 Å². The third kappa shape index (κ3) is 4.73. The van der Waals surface area contributed by atoms with Crippen LogP contribution >= 0.6 is 0 Å². The molecule has 2 aliphatic rings. The molecule has 0 bridgehead atoms. The lowest BCUT2D eigenvalue weighted by atomic mass is 9.74. The zero-order valence-electron chi connectivity index (χ0n) is 18.9. The van der Waals surface area contributed by atoms with E-state index in [9.17, 15) is 8.78 Å². The Balaban J connectivity index is 1.35. The van der Waals surface area contributed by atoms with Crippen LogP contribution < -0.4 is 0 Å². The summed E-state index contributed by atoms with van der Waals surface area (Å²) in [6.07, 6.45) is 15.0. The first kappa shape index (κ1) is 21.8. The van der Waals surface area contributed by atoms with Crippen LogP contribution in [0.4, 0.5) is 8.78 Å².